The Balaban J connectivity index is 4.27. The number of carbonyl (C=O) groups is 1. The maximum Gasteiger partial charge on any atom is 0.130 e. The van der Waals surface area contributed by atoms with Crippen molar-refractivity contribution in [1.82, 2.24) is 0 Å². The highest BCUT2D eigenvalue weighted by atomic mass is 16.1. The lowest BCUT2D eigenvalue weighted by molar-refractivity contribution is -0.117. The van der Waals surface area contributed by atoms with Crippen LogP contribution >= 0.6 is 0 Å². The average Bonchev–Trinajstić information content (AvgIpc) is 2.32. The minimum absolute atomic E-state index is 0.316. The zero-order valence-electron chi connectivity index (χ0n) is 13.8. The number of rotatable bonds is 11. The summed E-state index contributed by atoms with van der Waals surface area (Å²) in [6.07, 6.45) is 11.7. The molecule has 112 valence electrons. The molecule has 0 rings (SSSR count). The summed E-state index contributed by atoms with van der Waals surface area (Å²) in [5, 5.41) is 0. The SMILES string of the molecule is CCCC/C=C(/CCC(C)=O)[C@H](C)CCCC(C)C. The molecule has 0 radical (unpaired) electrons. The lowest BCUT2D eigenvalue weighted by Gasteiger charge is -2.17. The number of Topliss-reactive ketones (excluding diaryl/α,β-unsaturated/α-hetero) is 1. The second-order valence-corrected chi connectivity index (χ2v) is 6.35. The third kappa shape index (κ3) is 11.0. The number of unbranched alkanes of at least 4 members (excludes halogenated alkanes) is 2. The fraction of sp³-hybridized carbons (Fsp3) is 0.833. The minimum atomic E-state index is 0.316. The molecule has 0 aromatic heterocycles. The van der Waals surface area contributed by atoms with Gasteiger partial charge in [0.05, 0.1) is 0 Å². The largest absolute Gasteiger partial charge is 0.300 e. The van der Waals surface area contributed by atoms with Gasteiger partial charge in [-0.15, -0.1) is 0 Å². The van der Waals surface area contributed by atoms with Crippen molar-refractivity contribution in [3.63, 3.8) is 0 Å². The monoisotopic (exact) mass is 266 g/mol. The molecule has 0 fully saturated rings. The van der Waals surface area contributed by atoms with Crippen LogP contribution in [0.4, 0.5) is 0 Å². The van der Waals surface area contributed by atoms with Crippen molar-refractivity contribution in [2.24, 2.45) is 11.8 Å². The van der Waals surface area contributed by atoms with Crippen molar-refractivity contribution < 1.29 is 4.79 Å². The van der Waals surface area contributed by atoms with Crippen molar-refractivity contribution in [3.8, 4) is 0 Å². The Kier molecular flexibility index (Phi) is 10.9. The lowest BCUT2D eigenvalue weighted by Crippen LogP contribution is -2.03. The highest BCUT2D eigenvalue weighted by molar-refractivity contribution is 5.75. The maximum atomic E-state index is 11.2. The summed E-state index contributed by atoms with van der Waals surface area (Å²) >= 11 is 0. The maximum absolute atomic E-state index is 11.2. The molecular formula is C18H34O. The van der Waals surface area contributed by atoms with E-state index in [0.29, 0.717) is 18.1 Å². The Bertz CT molecular complexity index is 263. The van der Waals surface area contributed by atoms with Crippen LogP contribution < -0.4 is 0 Å². The molecule has 1 atom stereocenters. The Hall–Kier alpha value is -0.590. The third-order valence-corrected chi connectivity index (χ3v) is 3.78. The number of hydrogen-bond acceptors (Lipinski definition) is 1. The van der Waals surface area contributed by atoms with Crippen LogP contribution in [0.5, 0.6) is 0 Å². The fourth-order valence-corrected chi connectivity index (χ4v) is 2.38. The molecule has 0 aromatic rings. The average molecular weight is 266 g/mol. The van der Waals surface area contributed by atoms with Gasteiger partial charge in [0.1, 0.15) is 5.78 Å². The van der Waals surface area contributed by atoms with Gasteiger partial charge in [-0.1, -0.05) is 65.0 Å². The van der Waals surface area contributed by atoms with Crippen molar-refractivity contribution in [1.29, 1.82) is 0 Å². The molecule has 0 aliphatic heterocycles. The Morgan fingerprint density at radius 3 is 2.26 bits per heavy atom. The second-order valence-electron chi connectivity index (χ2n) is 6.35. The van der Waals surface area contributed by atoms with Gasteiger partial charge in [-0.05, 0) is 38.0 Å². The van der Waals surface area contributed by atoms with E-state index in [9.17, 15) is 4.79 Å². The molecule has 0 aliphatic rings. The van der Waals surface area contributed by atoms with Crippen molar-refractivity contribution in [2.75, 3.05) is 0 Å². The van der Waals surface area contributed by atoms with Gasteiger partial charge in [0.25, 0.3) is 0 Å². The highest BCUT2D eigenvalue weighted by Crippen LogP contribution is 2.24. The van der Waals surface area contributed by atoms with Crippen LogP contribution in [-0.4, -0.2) is 5.78 Å². The molecule has 0 saturated heterocycles. The Morgan fingerprint density at radius 1 is 1.05 bits per heavy atom. The van der Waals surface area contributed by atoms with E-state index >= 15 is 0 Å². The van der Waals surface area contributed by atoms with E-state index in [2.05, 4.69) is 33.8 Å². The van der Waals surface area contributed by atoms with Crippen LogP contribution in [-0.2, 0) is 4.79 Å². The summed E-state index contributed by atoms with van der Waals surface area (Å²) < 4.78 is 0. The first kappa shape index (κ1) is 18.4. The van der Waals surface area contributed by atoms with Gasteiger partial charge in [0.15, 0.2) is 0 Å². The quantitative estimate of drug-likeness (QED) is 0.334. The third-order valence-electron chi connectivity index (χ3n) is 3.78. The van der Waals surface area contributed by atoms with E-state index < -0.39 is 0 Å². The summed E-state index contributed by atoms with van der Waals surface area (Å²) in [6.45, 7) is 10.8. The molecular weight excluding hydrogens is 232 g/mol. The van der Waals surface area contributed by atoms with Gasteiger partial charge in [0.2, 0.25) is 0 Å². The van der Waals surface area contributed by atoms with Crippen molar-refractivity contribution >= 4 is 5.78 Å². The van der Waals surface area contributed by atoms with Crippen LogP contribution in [0.1, 0.15) is 86.0 Å². The number of ketones is 1. The molecule has 0 aromatic carbocycles. The zero-order chi connectivity index (χ0) is 14.7. The predicted molar refractivity (Wildman–Crippen MR) is 85.4 cm³/mol. The molecule has 0 heterocycles. The highest BCUT2D eigenvalue weighted by Gasteiger charge is 2.10. The molecule has 0 amide bonds. The molecule has 0 spiro atoms. The van der Waals surface area contributed by atoms with Gasteiger partial charge in [-0.3, -0.25) is 0 Å². The first-order valence-electron chi connectivity index (χ1n) is 8.15. The van der Waals surface area contributed by atoms with Crippen molar-refractivity contribution in [3.05, 3.63) is 11.6 Å². The number of allylic oxidation sites excluding steroid dienone is 2. The van der Waals surface area contributed by atoms with E-state index in [1.54, 1.807) is 6.92 Å². The summed E-state index contributed by atoms with van der Waals surface area (Å²) in [5.41, 5.74) is 1.52. The van der Waals surface area contributed by atoms with E-state index in [0.717, 1.165) is 12.3 Å². The van der Waals surface area contributed by atoms with E-state index in [4.69, 9.17) is 0 Å². The first-order chi connectivity index (χ1) is 8.97. The molecule has 1 heteroatoms. The lowest BCUT2D eigenvalue weighted by atomic mass is 9.89. The fourth-order valence-electron chi connectivity index (χ4n) is 2.38. The standard InChI is InChI=1S/C18H34O/c1-6-7-8-12-18(14-13-17(5)19)16(4)11-9-10-15(2)3/h12,15-16H,6-11,13-14H2,1-5H3/b18-12-/t16-/m1/s1. The first-order valence-corrected chi connectivity index (χ1v) is 8.15. The van der Waals surface area contributed by atoms with Gasteiger partial charge in [0, 0.05) is 6.42 Å². The van der Waals surface area contributed by atoms with Crippen LogP contribution in [0.3, 0.4) is 0 Å². The zero-order valence-corrected chi connectivity index (χ0v) is 13.8. The van der Waals surface area contributed by atoms with Crippen LogP contribution in [0.25, 0.3) is 0 Å². The molecule has 1 nitrogen and oxygen atoms in total. The van der Waals surface area contributed by atoms with Gasteiger partial charge >= 0.3 is 0 Å². The van der Waals surface area contributed by atoms with Gasteiger partial charge in [-0.2, -0.15) is 0 Å². The summed E-state index contributed by atoms with van der Waals surface area (Å²) in [4.78, 5) is 11.2. The number of hydrogen-bond donors (Lipinski definition) is 0. The van der Waals surface area contributed by atoms with E-state index in [-0.39, 0.29) is 0 Å². The minimum Gasteiger partial charge on any atom is -0.300 e. The molecule has 0 aliphatic carbocycles. The molecule has 0 saturated carbocycles. The Labute approximate surface area is 120 Å². The number of carbonyl (C=O) groups excluding carboxylic acids is 1. The summed E-state index contributed by atoms with van der Waals surface area (Å²) in [5.74, 6) is 1.77. The summed E-state index contributed by atoms with van der Waals surface area (Å²) in [6, 6.07) is 0. The Morgan fingerprint density at radius 2 is 1.74 bits per heavy atom. The van der Waals surface area contributed by atoms with Crippen LogP contribution in [0, 0.1) is 11.8 Å². The molecule has 0 N–H and O–H groups in total. The second kappa shape index (κ2) is 11.3. The van der Waals surface area contributed by atoms with Crippen LogP contribution in [0.2, 0.25) is 0 Å². The molecule has 19 heavy (non-hydrogen) atoms. The van der Waals surface area contributed by atoms with Crippen LogP contribution in [0.15, 0.2) is 11.6 Å². The van der Waals surface area contributed by atoms with Gasteiger partial charge < -0.3 is 4.79 Å². The van der Waals surface area contributed by atoms with Crippen molar-refractivity contribution in [2.45, 2.75) is 86.0 Å². The topological polar surface area (TPSA) is 17.1 Å². The smallest absolute Gasteiger partial charge is 0.130 e. The molecule has 0 bridgehead atoms. The summed E-state index contributed by atoms with van der Waals surface area (Å²) in [7, 11) is 0. The normalized spacial score (nSPS) is 13.9. The van der Waals surface area contributed by atoms with E-state index in [1.165, 1.54) is 44.1 Å². The van der Waals surface area contributed by atoms with Gasteiger partial charge in [-0.25, -0.2) is 0 Å². The predicted octanol–water partition coefficient (Wildman–Crippen LogP) is 5.93. The molecule has 0 unspecified atom stereocenters. The van der Waals surface area contributed by atoms with E-state index in [1.807, 2.05) is 0 Å².